The van der Waals surface area contributed by atoms with E-state index in [0.29, 0.717) is 17.7 Å². The first-order valence-corrected chi connectivity index (χ1v) is 10.9. The molecule has 0 atom stereocenters. The minimum Gasteiger partial charge on any atom is -0.407 e. The normalized spacial score (nSPS) is 20.1. The summed E-state index contributed by atoms with van der Waals surface area (Å²) in [5.41, 5.74) is 0. The highest BCUT2D eigenvalue weighted by Crippen LogP contribution is 2.26. The molecule has 0 aliphatic carbocycles. The summed E-state index contributed by atoms with van der Waals surface area (Å²) in [6.07, 6.45) is 5.97. The van der Waals surface area contributed by atoms with Crippen molar-refractivity contribution in [2.45, 2.75) is 29.5 Å². The summed E-state index contributed by atoms with van der Waals surface area (Å²) in [6.45, 7) is 4.50. The molecular formula is C17H23N5OS2. The van der Waals surface area contributed by atoms with Gasteiger partial charge in [0.05, 0.1) is 5.75 Å². The number of piperidine rings is 1. The van der Waals surface area contributed by atoms with Crippen LogP contribution in [0.2, 0.25) is 0 Å². The number of hydrogen-bond acceptors (Lipinski definition) is 8. The molecule has 2 aromatic heterocycles. The van der Waals surface area contributed by atoms with E-state index in [-0.39, 0.29) is 0 Å². The van der Waals surface area contributed by atoms with Gasteiger partial charge in [-0.15, -0.1) is 16.9 Å². The van der Waals surface area contributed by atoms with Gasteiger partial charge in [0.2, 0.25) is 5.89 Å². The highest BCUT2D eigenvalue weighted by Gasteiger charge is 2.27. The summed E-state index contributed by atoms with van der Waals surface area (Å²) >= 11 is 3.76. The van der Waals surface area contributed by atoms with Crippen LogP contribution in [-0.4, -0.2) is 63.8 Å². The fraction of sp³-hybridized carbons (Fsp3) is 0.588. The smallest absolute Gasteiger partial charge is 0.318 e. The number of hydrogen-bond donors (Lipinski definition) is 0. The molecule has 25 heavy (non-hydrogen) atoms. The molecule has 2 aliphatic heterocycles. The standard InChI is InChI=1S/C17H23N5OS2/c1-5-18-6-2-15(1)25-13-16-19-20-17(23-16)22-7-3-14(4-8-22)21-9-11-24-12-10-21/h1-2,5-6,14H,3-4,7-13H2. The first-order valence-electron chi connectivity index (χ1n) is 8.80. The lowest BCUT2D eigenvalue weighted by Gasteiger charge is -2.39. The van der Waals surface area contributed by atoms with Crippen LogP contribution in [-0.2, 0) is 5.75 Å². The van der Waals surface area contributed by atoms with Gasteiger partial charge < -0.3 is 9.32 Å². The van der Waals surface area contributed by atoms with Gasteiger partial charge in [0.25, 0.3) is 0 Å². The maximum Gasteiger partial charge on any atom is 0.318 e. The molecule has 8 heteroatoms. The van der Waals surface area contributed by atoms with Gasteiger partial charge in [-0.3, -0.25) is 9.88 Å². The largest absolute Gasteiger partial charge is 0.407 e. The second-order valence-corrected chi connectivity index (χ2v) is 8.59. The summed E-state index contributed by atoms with van der Waals surface area (Å²) in [6, 6.07) is 5.39. The Balaban J connectivity index is 1.28. The molecular weight excluding hydrogens is 354 g/mol. The Hall–Kier alpha value is -1.25. The molecule has 0 amide bonds. The Bertz CT molecular complexity index is 654. The van der Waals surface area contributed by atoms with Crippen LogP contribution < -0.4 is 4.90 Å². The maximum absolute atomic E-state index is 5.88. The average molecular weight is 378 g/mol. The highest BCUT2D eigenvalue weighted by atomic mass is 32.2. The topological polar surface area (TPSA) is 58.3 Å². The van der Waals surface area contributed by atoms with E-state index in [1.807, 2.05) is 12.1 Å². The Morgan fingerprint density at radius 1 is 1.08 bits per heavy atom. The first-order chi connectivity index (χ1) is 12.4. The predicted octanol–water partition coefficient (Wildman–Crippen LogP) is 2.77. The molecule has 0 unspecified atom stereocenters. The van der Waals surface area contributed by atoms with Crippen molar-refractivity contribution in [3.63, 3.8) is 0 Å². The lowest BCUT2D eigenvalue weighted by atomic mass is 10.0. The zero-order chi connectivity index (χ0) is 16.9. The van der Waals surface area contributed by atoms with E-state index in [9.17, 15) is 0 Å². The molecule has 0 spiro atoms. The van der Waals surface area contributed by atoms with Crippen LogP contribution in [0.1, 0.15) is 18.7 Å². The highest BCUT2D eigenvalue weighted by molar-refractivity contribution is 7.99. The van der Waals surface area contributed by atoms with E-state index < -0.39 is 0 Å². The average Bonchev–Trinajstić information content (AvgIpc) is 3.17. The monoisotopic (exact) mass is 377 g/mol. The third-order valence-electron chi connectivity index (χ3n) is 4.77. The molecule has 2 saturated heterocycles. The fourth-order valence-electron chi connectivity index (χ4n) is 3.38. The predicted molar refractivity (Wildman–Crippen MR) is 102 cm³/mol. The van der Waals surface area contributed by atoms with Crippen molar-refractivity contribution in [1.29, 1.82) is 0 Å². The quantitative estimate of drug-likeness (QED) is 0.737. The summed E-state index contributed by atoms with van der Waals surface area (Å²) in [7, 11) is 0. The Kier molecular flexibility index (Phi) is 5.79. The first kappa shape index (κ1) is 17.2. The summed E-state index contributed by atoms with van der Waals surface area (Å²) in [5, 5.41) is 8.46. The van der Waals surface area contributed by atoms with Crippen molar-refractivity contribution in [3.05, 3.63) is 30.4 Å². The molecule has 6 nitrogen and oxygen atoms in total. The third kappa shape index (κ3) is 4.48. The van der Waals surface area contributed by atoms with Crippen LogP contribution in [0.15, 0.2) is 33.8 Å². The van der Waals surface area contributed by atoms with Gasteiger partial charge in [-0.25, -0.2) is 0 Å². The molecule has 4 rings (SSSR count). The number of anilines is 1. The van der Waals surface area contributed by atoms with Crippen LogP contribution >= 0.6 is 23.5 Å². The summed E-state index contributed by atoms with van der Waals surface area (Å²) in [5.74, 6) is 3.94. The fourth-order valence-corrected chi connectivity index (χ4v) is 5.03. The van der Waals surface area contributed by atoms with Crippen LogP contribution in [0.5, 0.6) is 0 Å². The lowest BCUT2D eigenvalue weighted by molar-refractivity contribution is 0.184. The van der Waals surface area contributed by atoms with Gasteiger partial charge in [-0.05, 0) is 25.0 Å². The van der Waals surface area contributed by atoms with Crippen LogP contribution in [0.25, 0.3) is 0 Å². The molecule has 0 N–H and O–H groups in total. The van der Waals surface area contributed by atoms with Crippen molar-refractivity contribution in [2.24, 2.45) is 0 Å². The number of nitrogens with zero attached hydrogens (tertiary/aromatic N) is 5. The maximum atomic E-state index is 5.88. The van der Waals surface area contributed by atoms with Gasteiger partial charge in [0.1, 0.15) is 0 Å². The molecule has 0 saturated carbocycles. The molecule has 2 fully saturated rings. The van der Waals surface area contributed by atoms with Crippen molar-refractivity contribution in [3.8, 4) is 0 Å². The number of thioether (sulfide) groups is 2. The zero-order valence-corrected chi connectivity index (χ0v) is 15.8. The SMILES string of the molecule is c1cc(SCc2nnc(N3CCC(N4CCSCC4)CC3)o2)ccn1. The van der Waals surface area contributed by atoms with Gasteiger partial charge in [-0.2, -0.15) is 11.8 Å². The second kappa shape index (κ2) is 8.42. The van der Waals surface area contributed by atoms with Gasteiger partial charge in [0.15, 0.2) is 0 Å². The molecule has 0 bridgehead atoms. The van der Waals surface area contributed by atoms with E-state index >= 15 is 0 Å². The van der Waals surface area contributed by atoms with Crippen molar-refractivity contribution in [2.75, 3.05) is 42.6 Å². The number of pyridine rings is 1. The van der Waals surface area contributed by atoms with E-state index in [2.05, 4.69) is 36.7 Å². The number of rotatable bonds is 5. The van der Waals surface area contributed by atoms with Crippen LogP contribution in [0, 0.1) is 0 Å². The van der Waals surface area contributed by atoms with Gasteiger partial charge >= 0.3 is 6.01 Å². The van der Waals surface area contributed by atoms with Crippen molar-refractivity contribution < 1.29 is 4.42 Å². The second-order valence-electron chi connectivity index (χ2n) is 6.32. The Morgan fingerprint density at radius 2 is 1.84 bits per heavy atom. The van der Waals surface area contributed by atoms with Gasteiger partial charge in [-0.1, -0.05) is 5.10 Å². The van der Waals surface area contributed by atoms with Gasteiger partial charge in [0, 0.05) is 61.0 Å². The Labute approximate surface area is 156 Å². The third-order valence-corrected chi connectivity index (χ3v) is 6.70. The number of aromatic nitrogens is 3. The van der Waals surface area contributed by atoms with E-state index in [1.165, 1.54) is 37.4 Å². The zero-order valence-electron chi connectivity index (χ0n) is 14.2. The van der Waals surface area contributed by atoms with Crippen LogP contribution in [0.4, 0.5) is 6.01 Å². The lowest BCUT2D eigenvalue weighted by Crippen LogP contribution is -2.47. The molecule has 0 radical (unpaired) electrons. The van der Waals surface area contributed by atoms with Crippen LogP contribution in [0.3, 0.4) is 0 Å². The molecule has 134 valence electrons. The molecule has 2 aromatic rings. The van der Waals surface area contributed by atoms with Crippen molar-refractivity contribution >= 4 is 29.5 Å². The summed E-state index contributed by atoms with van der Waals surface area (Å²) in [4.78, 5) is 10.1. The molecule has 0 aromatic carbocycles. The molecule has 4 heterocycles. The van der Waals surface area contributed by atoms with E-state index in [1.54, 1.807) is 24.2 Å². The Morgan fingerprint density at radius 3 is 2.60 bits per heavy atom. The summed E-state index contributed by atoms with van der Waals surface area (Å²) < 4.78 is 5.88. The van der Waals surface area contributed by atoms with E-state index in [4.69, 9.17) is 4.42 Å². The minimum atomic E-state index is 0.679. The van der Waals surface area contributed by atoms with Crippen molar-refractivity contribution in [1.82, 2.24) is 20.1 Å². The van der Waals surface area contributed by atoms with E-state index in [0.717, 1.165) is 24.0 Å². The minimum absolute atomic E-state index is 0.679. The molecule has 2 aliphatic rings.